The molecule has 9 heteroatoms. The minimum atomic E-state index is -1.23. The van der Waals surface area contributed by atoms with Crippen LogP contribution in [-0.4, -0.2) is 49.8 Å². The van der Waals surface area contributed by atoms with Crippen molar-refractivity contribution in [1.29, 1.82) is 0 Å². The monoisotopic (exact) mass is 440 g/mol. The van der Waals surface area contributed by atoms with Crippen molar-refractivity contribution in [1.82, 2.24) is 9.55 Å². The summed E-state index contributed by atoms with van der Waals surface area (Å²) < 4.78 is 7.42. The highest BCUT2D eigenvalue weighted by Crippen LogP contribution is 2.39. The smallest absolute Gasteiger partial charge is 0.171 e. The van der Waals surface area contributed by atoms with Crippen molar-refractivity contribution < 1.29 is 20.1 Å². The third kappa shape index (κ3) is 3.64. The number of aromatic nitrogens is 2. The molecule has 1 aliphatic rings. The second-order valence-corrected chi connectivity index (χ2v) is 8.31. The van der Waals surface area contributed by atoms with E-state index in [9.17, 15) is 15.3 Å². The zero-order valence-electron chi connectivity index (χ0n) is 14.6. The standard InChI is InChI=1S/C19H18Cl2N2O4S/c20-11-6-12(21)15-13(7-11)23(18-17(26)16(25)14(8-24)27-18)19(22-15)28-9-10-4-2-1-3-5-10/h1-7,14,16-18,24-26H,8-9H2/t14-,16-,17-,18-/m1/s1. The molecule has 0 unspecified atom stereocenters. The quantitative estimate of drug-likeness (QED) is 0.527. The highest BCUT2D eigenvalue weighted by atomic mass is 35.5. The number of fused-ring (bicyclic) bond motifs is 1. The predicted molar refractivity (Wildman–Crippen MR) is 109 cm³/mol. The van der Waals surface area contributed by atoms with E-state index in [1.165, 1.54) is 11.8 Å². The number of thioether (sulfide) groups is 1. The van der Waals surface area contributed by atoms with E-state index in [1.54, 1.807) is 16.7 Å². The Labute approximate surface area is 175 Å². The first kappa shape index (κ1) is 20.0. The fraction of sp³-hybridized carbons (Fsp3) is 0.316. The number of aliphatic hydroxyl groups excluding tert-OH is 3. The zero-order chi connectivity index (χ0) is 19.8. The topological polar surface area (TPSA) is 87.7 Å². The molecule has 0 aliphatic carbocycles. The Morgan fingerprint density at radius 3 is 2.54 bits per heavy atom. The number of halogens is 2. The van der Waals surface area contributed by atoms with Gasteiger partial charge in [-0.05, 0) is 17.7 Å². The van der Waals surface area contributed by atoms with Crippen molar-refractivity contribution in [3.63, 3.8) is 0 Å². The van der Waals surface area contributed by atoms with E-state index in [0.717, 1.165) is 5.56 Å². The summed E-state index contributed by atoms with van der Waals surface area (Å²) in [7, 11) is 0. The lowest BCUT2D eigenvalue weighted by Gasteiger charge is -2.19. The molecule has 0 bridgehead atoms. The first-order valence-corrected chi connectivity index (χ1v) is 10.4. The van der Waals surface area contributed by atoms with Gasteiger partial charge in [0.25, 0.3) is 0 Å². The van der Waals surface area contributed by atoms with Gasteiger partial charge in [0.1, 0.15) is 23.8 Å². The van der Waals surface area contributed by atoms with Gasteiger partial charge in [-0.2, -0.15) is 0 Å². The maximum atomic E-state index is 10.5. The molecule has 148 valence electrons. The molecule has 28 heavy (non-hydrogen) atoms. The zero-order valence-corrected chi connectivity index (χ0v) is 16.9. The SMILES string of the molecule is OC[C@H]1O[C@@H](n2c(SCc3ccccc3)nc3c(Cl)cc(Cl)cc32)[C@H](O)[C@@H]1O. The molecule has 0 amide bonds. The molecule has 0 radical (unpaired) electrons. The second kappa shape index (κ2) is 8.20. The van der Waals surface area contributed by atoms with Gasteiger partial charge in [0.2, 0.25) is 0 Å². The molecule has 0 saturated carbocycles. The molecule has 1 saturated heterocycles. The number of ether oxygens (including phenoxy) is 1. The Hall–Kier alpha value is -1.32. The number of hydrogen-bond acceptors (Lipinski definition) is 6. The van der Waals surface area contributed by atoms with E-state index in [-0.39, 0.29) is 0 Å². The lowest BCUT2D eigenvalue weighted by molar-refractivity contribution is -0.0546. The van der Waals surface area contributed by atoms with Crippen LogP contribution < -0.4 is 0 Å². The normalized spacial score (nSPS) is 24.9. The van der Waals surface area contributed by atoms with Crippen molar-refractivity contribution >= 4 is 46.0 Å². The Morgan fingerprint density at radius 1 is 1.11 bits per heavy atom. The molecule has 6 nitrogen and oxygen atoms in total. The Morgan fingerprint density at radius 2 is 1.86 bits per heavy atom. The number of aliphatic hydroxyl groups is 3. The summed E-state index contributed by atoms with van der Waals surface area (Å²) in [6.07, 6.45) is -4.26. The Balaban J connectivity index is 1.78. The molecule has 3 aromatic rings. The summed E-state index contributed by atoms with van der Waals surface area (Å²) >= 11 is 14.0. The number of nitrogens with zero attached hydrogens (tertiary/aromatic N) is 2. The van der Waals surface area contributed by atoms with Crippen molar-refractivity contribution in [2.45, 2.75) is 35.4 Å². The van der Waals surface area contributed by atoms with E-state index >= 15 is 0 Å². The molecule has 0 spiro atoms. The lowest BCUT2D eigenvalue weighted by atomic mass is 10.1. The largest absolute Gasteiger partial charge is 0.394 e. The maximum absolute atomic E-state index is 10.5. The third-order valence-corrected chi connectivity index (χ3v) is 6.19. The van der Waals surface area contributed by atoms with Gasteiger partial charge in [0.05, 0.1) is 17.1 Å². The summed E-state index contributed by atoms with van der Waals surface area (Å²) in [5.74, 6) is 0.643. The Bertz CT molecular complexity index is 985. The highest BCUT2D eigenvalue weighted by molar-refractivity contribution is 7.98. The van der Waals surface area contributed by atoms with Crippen LogP contribution >= 0.6 is 35.0 Å². The van der Waals surface area contributed by atoms with E-state index in [0.29, 0.717) is 32.0 Å². The van der Waals surface area contributed by atoms with Gasteiger partial charge in [-0.15, -0.1) is 0 Å². The van der Waals surface area contributed by atoms with E-state index in [2.05, 4.69) is 4.98 Å². The molecule has 1 aliphatic heterocycles. The van der Waals surface area contributed by atoms with Crippen LogP contribution in [-0.2, 0) is 10.5 Å². The molecule has 3 N–H and O–H groups in total. The summed E-state index contributed by atoms with van der Waals surface area (Å²) in [6, 6.07) is 13.2. The van der Waals surface area contributed by atoms with E-state index in [4.69, 9.17) is 27.9 Å². The van der Waals surface area contributed by atoms with Crippen LogP contribution in [0, 0.1) is 0 Å². The van der Waals surface area contributed by atoms with Gasteiger partial charge >= 0.3 is 0 Å². The molecular weight excluding hydrogens is 423 g/mol. The first-order chi connectivity index (χ1) is 13.5. The summed E-state index contributed by atoms with van der Waals surface area (Å²) in [4.78, 5) is 4.62. The van der Waals surface area contributed by atoms with Gasteiger partial charge in [0.15, 0.2) is 11.4 Å². The molecule has 4 atom stereocenters. The minimum absolute atomic E-state index is 0.384. The van der Waals surface area contributed by atoms with Crippen LogP contribution in [0.3, 0.4) is 0 Å². The van der Waals surface area contributed by atoms with Gasteiger partial charge in [-0.1, -0.05) is 65.3 Å². The number of rotatable bonds is 5. The predicted octanol–water partition coefficient (Wildman–Crippen LogP) is 3.25. The molecule has 1 fully saturated rings. The third-order valence-electron chi connectivity index (χ3n) is 4.66. The fourth-order valence-corrected chi connectivity index (χ4v) is 4.77. The van der Waals surface area contributed by atoms with Crippen molar-refractivity contribution in [2.75, 3.05) is 6.61 Å². The summed E-state index contributed by atoms with van der Waals surface area (Å²) in [5, 5.41) is 31.5. The molecule has 2 aromatic carbocycles. The fourth-order valence-electron chi connectivity index (χ4n) is 3.26. The van der Waals surface area contributed by atoms with E-state index < -0.39 is 31.1 Å². The number of hydrogen-bond donors (Lipinski definition) is 3. The molecular formula is C19H18Cl2N2O4S. The van der Waals surface area contributed by atoms with E-state index in [1.807, 2.05) is 30.3 Å². The molecule has 1 aromatic heterocycles. The van der Waals surface area contributed by atoms with Crippen LogP contribution in [0.1, 0.15) is 11.8 Å². The van der Waals surface area contributed by atoms with Gasteiger partial charge in [-0.25, -0.2) is 4.98 Å². The van der Waals surface area contributed by atoms with Gasteiger partial charge in [-0.3, -0.25) is 4.57 Å². The number of benzene rings is 2. The minimum Gasteiger partial charge on any atom is -0.394 e. The van der Waals surface area contributed by atoms with Crippen molar-refractivity contribution in [3.05, 3.63) is 58.1 Å². The van der Waals surface area contributed by atoms with Crippen LogP contribution in [0.5, 0.6) is 0 Å². The Kier molecular flexibility index (Phi) is 5.85. The van der Waals surface area contributed by atoms with Crippen LogP contribution in [0.4, 0.5) is 0 Å². The molecule has 2 heterocycles. The van der Waals surface area contributed by atoms with Gasteiger partial charge < -0.3 is 20.1 Å². The van der Waals surface area contributed by atoms with Crippen molar-refractivity contribution in [3.8, 4) is 0 Å². The summed E-state index contributed by atoms with van der Waals surface area (Å²) in [5.41, 5.74) is 2.22. The second-order valence-electron chi connectivity index (χ2n) is 6.52. The van der Waals surface area contributed by atoms with Crippen LogP contribution in [0.25, 0.3) is 11.0 Å². The average molecular weight is 441 g/mol. The average Bonchev–Trinajstić information content (AvgIpc) is 3.18. The van der Waals surface area contributed by atoms with Crippen molar-refractivity contribution in [2.24, 2.45) is 0 Å². The number of imidazole rings is 1. The molecule has 4 rings (SSSR count). The first-order valence-electron chi connectivity index (χ1n) is 8.65. The summed E-state index contributed by atoms with van der Waals surface area (Å²) in [6.45, 7) is -0.407. The van der Waals surface area contributed by atoms with Crippen LogP contribution in [0.15, 0.2) is 47.6 Å². The maximum Gasteiger partial charge on any atom is 0.171 e. The van der Waals surface area contributed by atoms with Gasteiger partial charge in [0, 0.05) is 10.8 Å². The lowest BCUT2D eigenvalue weighted by Crippen LogP contribution is -2.33. The van der Waals surface area contributed by atoms with Crippen LogP contribution in [0.2, 0.25) is 10.0 Å². The highest BCUT2D eigenvalue weighted by Gasteiger charge is 2.44.